The van der Waals surface area contributed by atoms with Gasteiger partial charge in [-0.2, -0.15) is 0 Å². The molecule has 0 amide bonds. The van der Waals surface area contributed by atoms with Crippen molar-refractivity contribution in [2.24, 2.45) is 10.9 Å². The summed E-state index contributed by atoms with van der Waals surface area (Å²) in [6.07, 6.45) is 11.5. The van der Waals surface area contributed by atoms with Crippen LogP contribution in [0.1, 0.15) is 50.5 Å². The van der Waals surface area contributed by atoms with Crippen molar-refractivity contribution in [2.75, 3.05) is 39.5 Å². The first-order chi connectivity index (χ1) is 14.4. The number of nitrogens with zero attached hydrogens (tertiary/aromatic N) is 2. The third-order valence-corrected chi connectivity index (χ3v) is 7.58. The van der Waals surface area contributed by atoms with Crippen LogP contribution in [-0.4, -0.2) is 64.8 Å². The van der Waals surface area contributed by atoms with Gasteiger partial charge in [-0.15, -0.1) is 0 Å². The third-order valence-electron chi connectivity index (χ3n) is 6.45. The highest BCUT2D eigenvalue weighted by atomic mass is 32.2. The quantitative estimate of drug-likeness (QED) is 0.510. The number of nitrogens with one attached hydrogen (secondary N) is 2. The molecule has 0 unspecified atom stereocenters. The Bertz CT molecular complexity index is 778. The highest BCUT2D eigenvalue weighted by Crippen LogP contribution is 2.25. The fraction of sp³-hybridized carbons (Fsp3) is 0.696. The van der Waals surface area contributed by atoms with E-state index in [0.717, 1.165) is 30.4 Å². The van der Waals surface area contributed by atoms with E-state index in [1.54, 1.807) is 12.1 Å². The zero-order chi connectivity index (χ0) is 21.4. The molecule has 1 saturated carbocycles. The zero-order valence-corrected chi connectivity index (χ0v) is 19.4. The maximum Gasteiger partial charge on any atom is 0.191 e. The Balaban J connectivity index is 1.36. The zero-order valence-electron chi connectivity index (χ0n) is 18.6. The van der Waals surface area contributed by atoms with Crippen LogP contribution >= 0.6 is 0 Å². The highest BCUT2D eigenvalue weighted by molar-refractivity contribution is 7.90. The van der Waals surface area contributed by atoms with Crippen molar-refractivity contribution >= 4 is 15.8 Å². The summed E-state index contributed by atoms with van der Waals surface area (Å²) in [6, 6.07) is 7.61. The standard InChI is InChI=1S/C23H38N4O2S/c1-24-23(25-15-12-19-8-10-22(11-9-19)30(2,28)29)26-21-13-16-27(17-14-21)18-20-6-4-3-5-7-20/h8-11,20-21H,3-7,12-18H2,1-2H3,(H2,24,25,26). The molecule has 0 atom stereocenters. The minimum Gasteiger partial charge on any atom is -0.356 e. The van der Waals surface area contributed by atoms with Crippen LogP contribution in [0, 0.1) is 5.92 Å². The number of benzene rings is 1. The molecule has 2 N–H and O–H groups in total. The van der Waals surface area contributed by atoms with Gasteiger partial charge in [-0.25, -0.2) is 8.42 Å². The van der Waals surface area contributed by atoms with Crippen molar-refractivity contribution in [3.63, 3.8) is 0 Å². The lowest BCUT2D eigenvalue weighted by atomic mass is 9.88. The van der Waals surface area contributed by atoms with Crippen molar-refractivity contribution in [1.29, 1.82) is 0 Å². The molecule has 1 aliphatic heterocycles. The Labute approximate surface area is 182 Å². The molecule has 1 aromatic carbocycles. The van der Waals surface area contributed by atoms with Crippen molar-refractivity contribution in [2.45, 2.75) is 62.3 Å². The van der Waals surface area contributed by atoms with Gasteiger partial charge in [0.15, 0.2) is 15.8 Å². The average molecular weight is 435 g/mol. The number of hydrogen-bond donors (Lipinski definition) is 2. The molecule has 1 aliphatic carbocycles. The summed E-state index contributed by atoms with van der Waals surface area (Å²) in [5.74, 6) is 1.78. The van der Waals surface area contributed by atoms with Gasteiger partial charge in [0, 0.05) is 45.5 Å². The Kier molecular flexibility index (Phi) is 8.57. The van der Waals surface area contributed by atoms with E-state index in [4.69, 9.17) is 0 Å². The molecule has 0 spiro atoms. The van der Waals surface area contributed by atoms with Crippen LogP contribution in [0.15, 0.2) is 34.2 Å². The van der Waals surface area contributed by atoms with Crippen molar-refractivity contribution in [3.8, 4) is 0 Å². The maximum atomic E-state index is 11.6. The Morgan fingerprint density at radius 2 is 1.73 bits per heavy atom. The van der Waals surface area contributed by atoms with Crippen LogP contribution in [-0.2, 0) is 16.3 Å². The number of likely N-dealkylation sites (tertiary alicyclic amines) is 1. The fourth-order valence-corrected chi connectivity index (χ4v) is 5.24. The molecule has 6 nitrogen and oxygen atoms in total. The van der Waals surface area contributed by atoms with Gasteiger partial charge in [0.2, 0.25) is 0 Å². The number of sulfone groups is 1. The van der Waals surface area contributed by atoms with E-state index >= 15 is 0 Å². The van der Waals surface area contributed by atoms with Crippen molar-refractivity contribution < 1.29 is 8.42 Å². The summed E-state index contributed by atoms with van der Waals surface area (Å²) in [4.78, 5) is 7.40. The van der Waals surface area contributed by atoms with Gasteiger partial charge >= 0.3 is 0 Å². The van der Waals surface area contributed by atoms with Crippen LogP contribution in [0.3, 0.4) is 0 Å². The summed E-state index contributed by atoms with van der Waals surface area (Å²) < 4.78 is 23.1. The normalized spacial score (nSPS) is 20.3. The van der Waals surface area contributed by atoms with Gasteiger partial charge in [-0.1, -0.05) is 31.4 Å². The van der Waals surface area contributed by atoms with Crippen molar-refractivity contribution in [3.05, 3.63) is 29.8 Å². The van der Waals surface area contributed by atoms with E-state index in [1.165, 1.54) is 70.8 Å². The second kappa shape index (κ2) is 11.1. The highest BCUT2D eigenvalue weighted by Gasteiger charge is 2.23. The minimum atomic E-state index is -3.13. The Hall–Kier alpha value is -1.60. The van der Waals surface area contributed by atoms with Gasteiger partial charge in [0.05, 0.1) is 4.90 Å². The molecule has 30 heavy (non-hydrogen) atoms. The Morgan fingerprint density at radius 1 is 1.07 bits per heavy atom. The van der Waals surface area contributed by atoms with Gasteiger partial charge in [0.1, 0.15) is 0 Å². The SMILES string of the molecule is CN=C(NCCc1ccc(S(C)(=O)=O)cc1)NC1CCN(CC2CCCCC2)CC1. The number of aliphatic imine (C=N–C) groups is 1. The maximum absolute atomic E-state index is 11.6. The average Bonchev–Trinajstić information content (AvgIpc) is 2.75. The first kappa shape index (κ1) is 23.1. The van der Waals surface area contributed by atoms with Crippen LogP contribution in [0.4, 0.5) is 0 Å². The van der Waals surface area contributed by atoms with Gasteiger partial charge in [0.25, 0.3) is 0 Å². The van der Waals surface area contributed by atoms with Gasteiger partial charge in [-0.3, -0.25) is 4.99 Å². The predicted molar refractivity (Wildman–Crippen MR) is 124 cm³/mol. The lowest BCUT2D eigenvalue weighted by molar-refractivity contribution is 0.160. The van der Waals surface area contributed by atoms with Gasteiger partial charge in [-0.05, 0) is 55.7 Å². The summed E-state index contributed by atoms with van der Waals surface area (Å²) >= 11 is 0. The molecule has 1 aromatic rings. The molecule has 168 valence electrons. The molecule has 2 fully saturated rings. The van der Waals surface area contributed by atoms with Crippen LogP contribution in [0.2, 0.25) is 0 Å². The van der Waals surface area contributed by atoms with E-state index in [9.17, 15) is 8.42 Å². The molecule has 1 heterocycles. The first-order valence-corrected chi connectivity index (χ1v) is 13.3. The molecule has 1 saturated heterocycles. The summed E-state index contributed by atoms with van der Waals surface area (Å²) in [7, 11) is -1.32. The summed E-state index contributed by atoms with van der Waals surface area (Å²) in [6.45, 7) is 4.41. The molecule has 7 heteroatoms. The first-order valence-electron chi connectivity index (χ1n) is 11.4. The second-order valence-corrected chi connectivity index (χ2v) is 10.9. The Morgan fingerprint density at radius 3 is 2.33 bits per heavy atom. The molecular weight excluding hydrogens is 396 g/mol. The molecule has 3 rings (SSSR count). The van der Waals surface area contributed by atoms with Crippen molar-refractivity contribution in [1.82, 2.24) is 15.5 Å². The van der Waals surface area contributed by atoms with E-state index in [-0.39, 0.29) is 0 Å². The second-order valence-electron chi connectivity index (χ2n) is 8.89. The summed E-state index contributed by atoms with van der Waals surface area (Å²) in [5, 5.41) is 6.97. The largest absolute Gasteiger partial charge is 0.356 e. The van der Waals surface area contributed by atoms with E-state index in [1.807, 2.05) is 19.2 Å². The number of piperidine rings is 1. The molecule has 0 aromatic heterocycles. The minimum absolute atomic E-state index is 0.367. The molecule has 0 radical (unpaired) electrons. The molecule has 0 bridgehead atoms. The molecule has 2 aliphatic rings. The van der Waals surface area contributed by atoms with E-state index in [2.05, 4.69) is 20.5 Å². The number of rotatable bonds is 7. The lowest BCUT2D eigenvalue weighted by Gasteiger charge is -2.36. The fourth-order valence-electron chi connectivity index (χ4n) is 4.61. The number of hydrogen-bond acceptors (Lipinski definition) is 4. The van der Waals surface area contributed by atoms with Crippen LogP contribution in [0.5, 0.6) is 0 Å². The monoisotopic (exact) mass is 434 g/mol. The van der Waals surface area contributed by atoms with E-state index in [0.29, 0.717) is 10.9 Å². The number of guanidine groups is 1. The smallest absolute Gasteiger partial charge is 0.191 e. The summed E-state index contributed by atoms with van der Waals surface area (Å²) in [5.41, 5.74) is 1.11. The van der Waals surface area contributed by atoms with E-state index < -0.39 is 9.84 Å². The predicted octanol–water partition coefficient (Wildman–Crippen LogP) is 2.84. The van der Waals surface area contributed by atoms with Crippen LogP contribution < -0.4 is 10.6 Å². The topological polar surface area (TPSA) is 73.8 Å². The van der Waals surface area contributed by atoms with Gasteiger partial charge < -0.3 is 15.5 Å². The third kappa shape index (κ3) is 7.27. The van der Waals surface area contributed by atoms with Crippen LogP contribution in [0.25, 0.3) is 0 Å². The lowest BCUT2D eigenvalue weighted by Crippen LogP contribution is -2.49. The molecular formula is C23H38N4O2S.